The molecule has 2 N–H and O–H groups in total. The number of hydrogen-bond acceptors (Lipinski definition) is 4. The smallest absolute Gasteiger partial charge is 0.134 e. The molecule has 0 aliphatic heterocycles. The van der Waals surface area contributed by atoms with E-state index in [1.54, 1.807) is 0 Å². The molecule has 1 aliphatic rings. The first-order chi connectivity index (χ1) is 8.74. The maximum atomic E-state index is 4.60. The summed E-state index contributed by atoms with van der Waals surface area (Å²) >= 11 is 0. The molecule has 0 aromatic carbocycles. The fraction of sp³-hybridized carbons (Fsp3) is 0.714. The number of rotatable bonds is 7. The van der Waals surface area contributed by atoms with Gasteiger partial charge < -0.3 is 10.6 Å². The van der Waals surface area contributed by atoms with Crippen molar-refractivity contribution in [3.63, 3.8) is 0 Å². The normalized spacial score (nSPS) is 14.6. The van der Waals surface area contributed by atoms with Crippen molar-refractivity contribution in [1.29, 1.82) is 0 Å². The lowest BCUT2D eigenvalue weighted by Crippen LogP contribution is -2.13. The van der Waals surface area contributed by atoms with E-state index >= 15 is 0 Å². The number of anilines is 2. The monoisotopic (exact) mass is 248 g/mol. The fourth-order valence-electron chi connectivity index (χ4n) is 1.87. The zero-order valence-electron chi connectivity index (χ0n) is 11.7. The van der Waals surface area contributed by atoms with Crippen molar-refractivity contribution in [2.45, 2.75) is 46.5 Å². The summed E-state index contributed by atoms with van der Waals surface area (Å²) in [5.74, 6) is 3.77. The summed E-state index contributed by atoms with van der Waals surface area (Å²) in [6, 6.07) is 0. The van der Waals surface area contributed by atoms with E-state index in [9.17, 15) is 0 Å². The topological polar surface area (TPSA) is 49.8 Å². The van der Waals surface area contributed by atoms with Crippen molar-refractivity contribution in [2.24, 2.45) is 5.92 Å². The van der Waals surface area contributed by atoms with Crippen LogP contribution in [-0.4, -0.2) is 23.1 Å². The van der Waals surface area contributed by atoms with Crippen molar-refractivity contribution in [3.05, 3.63) is 11.4 Å². The molecule has 1 aromatic rings. The van der Waals surface area contributed by atoms with E-state index in [0.717, 1.165) is 54.9 Å². The molecule has 4 nitrogen and oxygen atoms in total. The molecule has 18 heavy (non-hydrogen) atoms. The molecular formula is C14H24N4. The lowest BCUT2D eigenvalue weighted by atomic mass is 10.2. The van der Waals surface area contributed by atoms with Crippen molar-refractivity contribution in [2.75, 3.05) is 23.7 Å². The van der Waals surface area contributed by atoms with Crippen LogP contribution in [0, 0.1) is 12.8 Å². The van der Waals surface area contributed by atoms with Crippen LogP contribution in [0.5, 0.6) is 0 Å². The van der Waals surface area contributed by atoms with Crippen LogP contribution in [0.3, 0.4) is 0 Å². The Bertz CT molecular complexity index is 399. The average Bonchev–Trinajstić information content (AvgIpc) is 3.20. The highest BCUT2D eigenvalue weighted by molar-refractivity contribution is 5.57. The molecule has 1 fully saturated rings. The molecule has 0 atom stereocenters. The van der Waals surface area contributed by atoms with E-state index in [-0.39, 0.29) is 0 Å². The number of hydrogen-bond donors (Lipinski definition) is 2. The Labute approximate surface area is 110 Å². The molecule has 2 rings (SSSR count). The summed E-state index contributed by atoms with van der Waals surface area (Å²) in [4.78, 5) is 9.17. The van der Waals surface area contributed by atoms with Crippen molar-refractivity contribution in [1.82, 2.24) is 9.97 Å². The van der Waals surface area contributed by atoms with Gasteiger partial charge in [-0.3, -0.25) is 0 Å². The predicted octanol–water partition coefficient (Wildman–Crippen LogP) is 2.99. The summed E-state index contributed by atoms with van der Waals surface area (Å²) in [6.07, 6.45) is 4.70. The van der Waals surface area contributed by atoms with Gasteiger partial charge in [-0.05, 0) is 32.1 Å². The van der Waals surface area contributed by atoms with Gasteiger partial charge in [0, 0.05) is 25.1 Å². The van der Waals surface area contributed by atoms with Gasteiger partial charge in [0.25, 0.3) is 0 Å². The van der Waals surface area contributed by atoms with Crippen LogP contribution in [0.4, 0.5) is 11.6 Å². The molecule has 0 radical (unpaired) electrons. The minimum atomic E-state index is 0.858. The van der Waals surface area contributed by atoms with Crippen LogP contribution in [0.25, 0.3) is 0 Å². The molecule has 1 aromatic heterocycles. The average molecular weight is 248 g/mol. The van der Waals surface area contributed by atoms with Crippen LogP contribution in [0.1, 0.15) is 44.5 Å². The van der Waals surface area contributed by atoms with Gasteiger partial charge in [-0.15, -0.1) is 0 Å². The van der Waals surface area contributed by atoms with Crippen LogP contribution < -0.4 is 10.6 Å². The molecule has 0 spiro atoms. The van der Waals surface area contributed by atoms with Gasteiger partial charge in [0.1, 0.15) is 17.5 Å². The largest absolute Gasteiger partial charge is 0.370 e. The first kappa shape index (κ1) is 13.1. The Kier molecular flexibility index (Phi) is 4.39. The summed E-state index contributed by atoms with van der Waals surface area (Å²) in [5.41, 5.74) is 1.14. The molecule has 1 aliphatic carbocycles. The van der Waals surface area contributed by atoms with Gasteiger partial charge in [0.2, 0.25) is 0 Å². The van der Waals surface area contributed by atoms with E-state index in [4.69, 9.17) is 0 Å². The molecule has 0 amide bonds. The highest BCUT2D eigenvalue weighted by atomic mass is 15.1. The van der Waals surface area contributed by atoms with Crippen molar-refractivity contribution in [3.8, 4) is 0 Å². The molecule has 1 heterocycles. The molecule has 0 saturated heterocycles. The third-order valence-electron chi connectivity index (χ3n) is 3.31. The van der Waals surface area contributed by atoms with E-state index in [1.165, 1.54) is 12.8 Å². The lowest BCUT2D eigenvalue weighted by molar-refractivity contribution is 0.861. The molecule has 0 bridgehead atoms. The maximum absolute atomic E-state index is 4.60. The van der Waals surface area contributed by atoms with Gasteiger partial charge in [-0.25, -0.2) is 9.97 Å². The quantitative estimate of drug-likeness (QED) is 0.779. The molecular weight excluding hydrogens is 224 g/mol. The Morgan fingerprint density at radius 1 is 1.11 bits per heavy atom. The number of nitrogens with zero attached hydrogens (tertiary/aromatic N) is 2. The molecule has 4 heteroatoms. The van der Waals surface area contributed by atoms with Gasteiger partial charge in [-0.1, -0.05) is 13.8 Å². The Morgan fingerprint density at radius 3 is 2.33 bits per heavy atom. The number of aromatic nitrogens is 2. The summed E-state index contributed by atoms with van der Waals surface area (Å²) in [7, 11) is 0. The maximum Gasteiger partial charge on any atom is 0.134 e. The van der Waals surface area contributed by atoms with Crippen LogP contribution >= 0.6 is 0 Å². The van der Waals surface area contributed by atoms with Crippen molar-refractivity contribution < 1.29 is 0 Å². The lowest BCUT2D eigenvalue weighted by Gasteiger charge is -2.14. The van der Waals surface area contributed by atoms with Gasteiger partial charge in [0.15, 0.2) is 0 Å². The second-order valence-corrected chi connectivity index (χ2v) is 5.07. The fourth-order valence-corrected chi connectivity index (χ4v) is 1.87. The zero-order chi connectivity index (χ0) is 13.0. The SMILES string of the molecule is CCCNc1nc(CC)nc(NCC2CC2)c1C. The summed E-state index contributed by atoms with van der Waals surface area (Å²) < 4.78 is 0. The minimum absolute atomic E-state index is 0.858. The van der Waals surface area contributed by atoms with Crippen molar-refractivity contribution >= 4 is 11.6 Å². The minimum Gasteiger partial charge on any atom is -0.370 e. The Balaban J connectivity index is 2.13. The second-order valence-electron chi connectivity index (χ2n) is 5.07. The van der Waals surface area contributed by atoms with Crippen LogP contribution in [0.2, 0.25) is 0 Å². The van der Waals surface area contributed by atoms with Gasteiger partial charge in [-0.2, -0.15) is 0 Å². The molecule has 100 valence electrons. The standard InChI is InChI=1S/C14H24N4/c1-4-8-15-13-10(3)14(16-9-11-6-7-11)18-12(5-2)17-13/h11H,4-9H2,1-3H3,(H2,15,16,17,18). The molecule has 1 saturated carbocycles. The van der Waals surface area contributed by atoms with Crippen LogP contribution in [-0.2, 0) is 6.42 Å². The summed E-state index contributed by atoms with van der Waals surface area (Å²) in [5, 5.41) is 6.87. The Hall–Kier alpha value is -1.32. The van der Waals surface area contributed by atoms with Crippen LogP contribution in [0.15, 0.2) is 0 Å². The number of nitrogens with one attached hydrogen (secondary N) is 2. The third-order valence-corrected chi connectivity index (χ3v) is 3.31. The van der Waals surface area contributed by atoms with Gasteiger partial charge in [0.05, 0.1) is 0 Å². The Morgan fingerprint density at radius 2 is 1.78 bits per heavy atom. The first-order valence-electron chi connectivity index (χ1n) is 7.09. The first-order valence-corrected chi connectivity index (χ1v) is 7.09. The molecule has 0 unspecified atom stereocenters. The van der Waals surface area contributed by atoms with Gasteiger partial charge >= 0.3 is 0 Å². The second kappa shape index (κ2) is 6.03. The van der Waals surface area contributed by atoms with E-state index in [1.807, 2.05) is 0 Å². The van der Waals surface area contributed by atoms with E-state index in [0.29, 0.717) is 0 Å². The summed E-state index contributed by atoms with van der Waals surface area (Å²) in [6.45, 7) is 8.36. The number of aryl methyl sites for hydroxylation is 1. The third kappa shape index (κ3) is 3.34. The van der Waals surface area contributed by atoms with E-state index < -0.39 is 0 Å². The highest BCUT2D eigenvalue weighted by Crippen LogP contribution is 2.29. The highest BCUT2D eigenvalue weighted by Gasteiger charge is 2.21. The van der Waals surface area contributed by atoms with E-state index in [2.05, 4.69) is 41.4 Å². The predicted molar refractivity (Wildman–Crippen MR) is 76.1 cm³/mol. The zero-order valence-corrected chi connectivity index (χ0v) is 11.7.